The molecular formula is C11H7F3O4. The van der Waals surface area contributed by atoms with E-state index >= 15 is 0 Å². The van der Waals surface area contributed by atoms with Gasteiger partial charge >= 0.3 is 11.8 Å². The molecule has 96 valence electrons. The van der Waals surface area contributed by atoms with Crippen LogP contribution >= 0.6 is 0 Å². The van der Waals surface area contributed by atoms with Crippen molar-refractivity contribution in [3.05, 3.63) is 34.2 Å². The zero-order valence-electron chi connectivity index (χ0n) is 9.04. The molecule has 0 spiro atoms. The van der Waals surface area contributed by atoms with E-state index in [0.717, 1.165) is 12.1 Å². The lowest BCUT2D eigenvalue weighted by Gasteiger charge is -2.11. The predicted octanol–water partition coefficient (Wildman–Crippen LogP) is 2.53. The average Bonchev–Trinajstić information content (AvgIpc) is 2.25. The number of methoxy groups -OCH3 is 1. The van der Waals surface area contributed by atoms with Crippen molar-refractivity contribution in [3.63, 3.8) is 0 Å². The number of hydrogen-bond donors (Lipinski definition) is 1. The highest BCUT2D eigenvalue weighted by Gasteiger charge is 2.35. The first-order valence-corrected chi connectivity index (χ1v) is 4.75. The van der Waals surface area contributed by atoms with Crippen LogP contribution in [0.5, 0.6) is 11.5 Å². The second-order valence-electron chi connectivity index (χ2n) is 3.50. The molecule has 0 bridgehead atoms. The molecule has 4 nitrogen and oxygen atoms in total. The van der Waals surface area contributed by atoms with Crippen LogP contribution in [-0.4, -0.2) is 12.2 Å². The number of fused-ring (bicyclic) bond motifs is 1. The molecular weight excluding hydrogens is 253 g/mol. The molecule has 7 heteroatoms. The molecule has 0 saturated heterocycles. The Morgan fingerprint density at radius 2 is 1.94 bits per heavy atom. The van der Waals surface area contributed by atoms with E-state index in [1.165, 1.54) is 7.11 Å². The Labute approximate surface area is 98.2 Å². The van der Waals surface area contributed by atoms with Crippen molar-refractivity contribution < 1.29 is 27.4 Å². The summed E-state index contributed by atoms with van der Waals surface area (Å²) in [6.45, 7) is 0. The summed E-state index contributed by atoms with van der Waals surface area (Å²) in [7, 11) is 1.27. The summed E-state index contributed by atoms with van der Waals surface area (Å²) >= 11 is 0. The van der Waals surface area contributed by atoms with Crippen LogP contribution in [0.1, 0.15) is 5.56 Å². The third kappa shape index (κ3) is 1.99. The summed E-state index contributed by atoms with van der Waals surface area (Å²) in [6, 6.07) is 2.41. The third-order valence-electron chi connectivity index (χ3n) is 2.34. The SMILES string of the molecule is COc1cc(O)c2c(C(F)(F)F)cc(=O)oc2c1. The Kier molecular flexibility index (Phi) is 2.68. The van der Waals surface area contributed by atoms with E-state index in [1.54, 1.807) is 0 Å². The van der Waals surface area contributed by atoms with Crippen LogP contribution in [-0.2, 0) is 6.18 Å². The summed E-state index contributed by atoms with van der Waals surface area (Å²) < 4.78 is 47.6. The molecule has 0 aliphatic rings. The second kappa shape index (κ2) is 3.94. The van der Waals surface area contributed by atoms with E-state index in [9.17, 15) is 23.1 Å². The third-order valence-corrected chi connectivity index (χ3v) is 2.34. The van der Waals surface area contributed by atoms with Gasteiger partial charge in [0.2, 0.25) is 0 Å². The molecule has 0 aliphatic heterocycles. The first kappa shape index (κ1) is 12.3. The van der Waals surface area contributed by atoms with Crippen LogP contribution in [0.25, 0.3) is 11.0 Å². The number of alkyl halides is 3. The maximum atomic E-state index is 12.7. The van der Waals surface area contributed by atoms with Crippen molar-refractivity contribution in [1.82, 2.24) is 0 Å². The van der Waals surface area contributed by atoms with Crippen LogP contribution < -0.4 is 10.4 Å². The first-order chi connectivity index (χ1) is 8.32. The molecule has 18 heavy (non-hydrogen) atoms. The molecule has 0 unspecified atom stereocenters. The van der Waals surface area contributed by atoms with E-state index in [4.69, 9.17) is 4.74 Å². The lowest BCUT2D eigenvalue weighted by molar-refractivity contribution is -0.136. The zero-order chi connectivity index (χ0) is 13.5. The number of phenolic OH excluding ortho intramolecular Hbond substituents is 1. The molecule has 0 amide bonds. The van der Waals surface area contributed by atoms with E-state index in [0.29, 0.717) is 6.07 Å². The van der Waals surface area contributed by atoms with E-state index in [1.807, 2.05) is 0 Å². The number of aromatic hydroxyl groups is 1. The number of halogens is 3. The second-order valence-corrected chi connectivity index (χ2v) is 3.50. The van der Waals surface area contributed by atoms with Crippen LogP contribution in [0, 0.1) is 0 Å². The number of rotatable bonds is 1. The normalized spacial score (nSPS) is 11.8. The maximum Gasteiger partial charge on any atom is 0.417 e. The lowest BCUT2D eigenvalue weighted by Crippen LogP contribution is -2.11. The van der Waals surface area contributed by atoms with Crippen molar-refractivity contribution in [3.8, 4) is 11.5 Å². The highest BCUT2D eigenvalue weighted by atomic mass is 19.4. The summed E-state index contributed by atoms with van der Waals surface area (Å²) in [6.07, 6.45) is -4.76. The minimum atomic E-state index is -4.76. The van der Waals surface area contributed by atoms with Gasteiger partial charge in [-0.15, -0.1) is 0 Å². The topological polar surface area (TPSA) is 59.7 Å². The standard InChI is InChI=1S/C11H7F3O4/c1-17-5-2-7(15)10-6(11(12,13)14)4-9(16)18-8(10)3-5/h2-4,15H,1H3. The van der Waals surface area contributed by atoms with Crippen LogP contribution in [0.4, 0.5) is 13.2 Å². The van der Waals surface area contributed by atoms with Gasteiger partial charge in [-0.1, -0.05) is 0 Å². The van der Waals surface area contributed by atoms with E-state index in [-0.39, 0.29) is 11.3 Å². The maximum absolute atomic E-state index is 12.7. The Balaban J connectivity index is 2.92. The van der Waals surface area contributed by atoms with Crippen LogP contribution in [0.15, 0.2) is 27.4 Å². The van der Waals surface area contributed by atoms with Gasteiger partial charge in [0, 0.05) is 18.2 Å². The molecule has 0 fully saturated rings. The van der Waals surface area contributed by atoms with E-state index < -0.39 is 28.5 Å². The highest BCUT2D eigenvalue weighted by molar-refractivity contribution is 5.88. The first-order valence-electron chi connectivity index (χ1n) is 4.75. The van der Waals surface area contributed by atoms with Gasteiger partial charge in [-0.25, -0.2) is 4.79 Å². The fourth-order valence-corrected chi connectivity index (χ4v) is 1.60. The number of benzene rings is 1. The minimum absolute atomic E-state index is 0.0856. The lowest BCUT2D eigenvalue weighted by atomic mass is 10.1. The largest absolute Gasteiger partial charge is 0.507 e. The summed E-state index contributed by atoms with van der Waals surface area (Å²) in [5.41, 5.74) is -2.77. The molecule has 2 aromatic rings. The van der Waals surface area contributed by atoms with Gasteiger partial charge in [0.1, 0.15) is 17.1 Å². The quantitative estimate of drug-likeness (QED) is 0.800. The van der Waals surface area contributed by atoms with Gasteiger partial charge in [-0.2, -0.15) is 13.2 Å². The summed E-state index contributed by atoms with van der Waals surface area (Å²) in [4.78, 5) is 11.1. The number of ether oxygens (including phenoxy) is 1. The van der Waals surface area contributed by atoms with Gasteiger partial charge in [0.15, 0.2) is 0 Å². The molecule has 0 aliphatic carbocycles. The highest BCUT2D eigenvalue weighted by Crippen LogP contribution is 2.39. The molecule has 1 heterocycles. The smallest absolute Gasteiger partial charge is 0.417 e. The van der Waals surface area contributed by atoms with Crippen molar-refractivity contribution >= 4 is 11.0 Å². The minimum Gasteiger partial charge on any atom is -0.507 e. The number of phenols is 1. The Bertz CT molecular complexity index is 658. The molecule has 2 rings (SSSR count). The van der Waals surface area contributed by atoms with Crippen molar-refractivity contribution in [1.29, 1.82) is 0 Å². The molecule has 0 saturated carbocycles. The molecule has 1 aromatic carbocycles. The average molecular weight is 260 g/mol. The van der Waals surface area contributed by atoms with Crippen LogP contribution in [0.2, 0.25) is 0 Å². The van der Waals surface area contributed by atoms with Crippen LogP contribution in [0.3, 0.4) is 0 Å². The van der Waals surface area contributed by atoms with E-state index in [2.05, 4.69) is 4.42 Å². The molecule has 0 radical (unpaired) electrons. The van der Waals surface area contributed by atoms with Crippen molar-refractivity contribution in [2.75, 3.05) is 7.11 Å². The molecule has 1 aromatic heterocycles. The Hall–Kier alpha value is -2.18. The monoisotopic (exact) mass is 260 g/mol. The Morgan fingerprint density at radius 3 is 2.50 bits per heavy atom. The molecule has 0 atom stereocenters. The van der Waals surface area contributed by atoms with Gasteiger partial charge < -0.3 is 14.3 Å². The van der Waals surface area contributed by atoms with Gasteiger partial charge in [0.25, 0.3) is 0 Å². The summed E-state index contributed by atoms with van der Waals surface area (Å²) in [5, 5.41) is 9.01. The fraction of sp³-hybridized carbons (Fsp3) is 0.182. The zero-order valence-corrected chi connectivity index (χ0v) is 9.04. The van der Waals surface area contributed by atoms with Crippen molar-refractivity contribution in [2.24, 2.45) is 0 Å². The van der Waals surface area contributed by atoms with Gasteiger partial charge in [0.05, 0.1) is 18.1 Å². The summed E-state index contributed by atoms with van der Waals surface area (Å²) in [5.74, 6) is -0.581. The molecule has 1 N–H and O–H groups in total. The Morgan fingerprint density at radius 1 is 1.28 bits per heavy atom. The van der Waals surface area contributed by atoms with Crippen molar-refractivity contribution in [2.45, 2.75) is 6.18 Å². The van der Waals surface area contributed by atoms with Gasteiger partial charge in [-0.05, 0) is 0 Å². The number of hydrogen-bond acceptors (Lipinski definition) is 4. The predicted molar refractivity (Wildman–Crippen MR) is 55.7 cm³/mol. The fourth-order valence-electron chi connectivity index (χ4n) is 1.60. The van der Waals surface area contributed by atoms with Gasteiger partial charge in [-0.3, -0.25) is 0 Å².